The number of hydrogen-bond donors (Lipinski definition) is 1. The Labute approximate surface area is 112 Å². The van der Waals surface area contributed by atoms with E-state index in [1.54, 1.807) is 0 Å². The lowest BCUT2D eigenvalue weighted by molar-refractivity contribution is -0.113. The zero-order valence-corrected chi connectivity index (χ0v) is 10.5. The Kier molecular flexibility index (Phi) is 3.98. The second kappa shape index (κ2) is 5.87. The van der Waals surface area contributed by atoms with E-state index in [0.717, 1.165) is 24.0 Å². The summed E-state index contributed by atoms with van der Waals surface area (Å²) in [5, 5.41) is 0. The Morgan fingerprint density at radius 1 is 1.05 bits per heavy atom. The molecule has 0 spiro atoms. The lowest BCUT2D eigenvalue weighted by Crippen LogP contribution is -2.04. The molecule has 0 aliphatic carbocycles. The van der Waals surface area contributed by atoms with Crippen LogP contribution in [0.15, 0.2) is 61.2 Å². The van der Waals surface area contributed by atoms with Crippen LogP contribution in [0.25, 0.3) is 0 Å². The van der Waals surface area contributed by atoms with Crippen molar-refractivity contribution in [1.82, 2.24) is 0 Å². The molecule has 96 valence electrons. The maximum atomic E-state index is 9.47. The molecule has 3 heteroatoms. The number of rotatable bonds is 1. The molecular weight excluding hydrogens is 238 g/mol. The highest BCUT2D eigenvalue weighted by Crippen LogP contribution is 2.35. The Hall–Kier alpha value is -2.55. The first kappa shape index (κ1) is 12.9. The van der Waals surface area contributed by atoms with Crippen LogP contribution in [0.5, 0.6) is 11.5 Å². The minimum Gasteiger partial charge on any atom is -0.457 e. The van der Waals surface area contributed by atoms with Crippen LogP contribution in [0, 0.1) is 0 Å². The molecule has 2 aromatic carbocycles. The maximum absolute atomic E-state index is 9.47. The number of fused-ring (bicyclic) bond motifs is 2. The van der Waals surface area contributed by atoms with Crippen molar-refractivity contribution in [2.24, 2.45) is 5.73 Å². The molecule has 0 saturated heterocycles. The fraction of sp³-hybridized carbons (Fsp3) is 0.0625. The Morgan fingerprint density at radius 2 is 1.47 bits per heavy atom. The van der Waals surface area contributed by atoms with Gasteiger partial charge in [-0.2, -0.15) is 0 Å². The zero-order valence-electron chi connectivity index (χ0n) is 10.5. The number of nitrogens with two attached hydrogens (primary N) is 1. The van der Waals surface area contributed by atoms with E-state index in [1.807, 2.05) is 24.3 Å². The molecular formula is C16H15NO2. The van der Waals surface area contributed by atoms with Gasteiger partial charge in [-0.15, -0.1) is 0 Å². The summed E-state index contributed by atoms with van der Waals surface area (Å²) in [5.41, 5.74) is 7.07. The number of amides is 1. The van der Waals surface area contributed by atoms with Crippen LogP contribution in [0.1, 0.15) is 11.1 Å². The van der Waals surface area contributed by atoms with Gasteiger partial charge in [0.15, 0.2) is 0 Å². The molecule has 0 radical (unpaired) electrons. The first-order valence-corrected chi connectivity index (χ1v) is 5.96. The number of carbonyl (C=O) groups excluding carboxylic acids is 1. The van der Waals surface area contributed by atoms with Crippen molar-refractivity contribution >= 4 is 5.91 Å². The minimum atomic E-state index is -0.481. The van der Waals surface area contributed by atoms with Crippen LogP contribution in [0.4, 0.5) is 0 Å². The number of benzene rings is 2. The lowest BCUT2D eigenvalue weighted by atomic mass is 10.0. The number of para-hydroxylation sites is 2. The summed E-state index contributed by atoms with van der Waals surface area (Å²) in [6.45, 7) is 3.09. The second-order valence-electron chi connectivity index (χ2n) is 4.10. The van der Waals surface area contributed by atoms with E-state index in [0.29, 0.717) is 0 Å². The molecule has 1 amide bonds. The summed E-state index contributed by atoms with van der Waals surface area (Å²) in [6, 6.07) is 16.4. The van der Waals surface area contributed by atoms with Crippen molar-refractivity contribution in [3.05, 3.63) is 72.3 Å². The van der Waals surface area contributed by atoms with E-state index in [4.69, 9.17) is 4.74 Å². The summed E-state index contributed by atoms with van der Waals surface area (Å²) in [5.74, 6) is 1.50. The molecule has 3 rings (SSSR count). The van der Waals surface area contributed by atoms with Crippen molar-refractivity contribution in [3.8, 4) is 11.5 Å². The van der Waals surface area contributed by atoms with Crippen LogP contribution in [0.3, 0.4) is 0 Å². The summed E-state index contributed by atoms with van der Waals surface area (Å²) in [4.78, 5) is 9.47. The molecule has 0 bridgehead atoms. The van der Waals surface area contributed by atoms with E-state index in [9.17, 15) is 4.79 Å². The maximum Gasteiger partial charge on any atom is 0.240 e. The van der Waals surface area contributed by atoms with E-state index in [-0.39, 0.29) is 0 Å². The molecule has 2 aromatic rings. The van der Waals surface area contributed by atoms with E-state index in [2.05, 4.69) is 36.6 Å². The smallest absolute Gasteiger partial charge is 0.240 e. The Bertz CT molecular complexity index is 518. The first-order chi connectivity index (χ1) is 9.20. The van der Waals surface area contributed by atoms with Crippen molar-refractivity contribution in [2.45, 2.75) is 6.42 Å². The molecule has 0 atom stereocenters. The molecule has 0 aromatic heterocycles. The van der Waals surface area contributed by atoms with Gasteiger partial charge in [-0.1, -0.05) is 43.0 Å². The normalized spacial score (nSPS) is 10.9. The number of ether oxygens (including phenoxy) is 1. The minimum absolute atomic E-state index is 0.481. The van der Waals surface area contributed by atoms with E-state index >= 15 is 0 Å². The zero-order chi connectivity index (χ0) is 13.7. The number of hydrogen-bond acceptors (Lipinski definition) is 2. The summed E-state index contributed by atoms with van der Waals surface area (Å²) in [6.07, 6.45) is 2.03. The quantitative estimate of drug-likeness (QED) is 0.678. The van der Waals surface area contributed by atoms with Crippen LogP contribution in [0.2, 0.25) is 0 Å². The van der Waals surface area contributed by atoms with E-state index in [1.165, 1.54) is 11.1 Å². The topological polar surface area (TPSA) is 52.3 Å². The molecule has 1 heterocycles. The molecule has 0 unspecified atom stereocenters. The van der Waals surface area contributed by atoms with Crippen LogP contribution >= 0.6 is 0 Å². The summed E-state index contributed by atoms with van der Waals surface area (Å²) >= 11 is 0. The standard InChI is InChI=1S/C13H10O.C3H5NO/c1-3-7-12-10(5-1)9-11-6-2-4-8-13(11)14-12;1-2-3(4)5/h1-8H,9H2;2H,1H2,(H2,4,5). The number of primary amides is 1. The molecule has 3 nitrogen and oxygen atoms in total. The molecule has 0 saturated carbocycles. The van der Waals surface area contributed by atoms with E-state index < -0.39 is 5.91 Å². The highest BCUT2D eigenvalue weighted by atomic mass is 16.5. The van der Waals surface area contributed by atoms with Gasteiger partial charge in [0, 0.05) is 6.42 Å². The summed E-state index contributed by atoms with van der Waals surface area (Å²) < 4.78 is 5.78. The summed E-state index contributed by atoms with van der Waals surface area (Å²) in [7, 11) is 0. The van der Waals surface area contributed by atoms with Crippen LogP contribution in [-0.2, 0) is 11.2 Å². The van der Waals surface area contributed by atoms with Gasteiger partial charge in [-0.3, -0.25) is 4.79 Å². The van der Waals surface area contributed by atoms with Gasteiger partial charge in [0.05, 0.1) is 0 Å². The largest absolute Gasteiger partial charge is 0.457 e. The predicted molar refractivity (Wildman–Crippen MR) is 75.2 cm³/mol. The van der Waals surface area contributed by atoms with Crippen molar-refractivity contribution in [2.75, 3.05) is 0 Å². The Morgan fingerprint density at radius 3 is 1.89 bits per heavy atom. The van der Waals surface area contributed by atoms with Gasteiger partial charge in [-0.05, 0) is 29.3 Å². The predicted octanol–water partition coefficient (Wildman–Crippen LogP) is 3.04. The molecule has 0 fully saturated rings. The third-order valence-corrected chi connectivity index (χ3v) is 2.75. The molecule has 19 heavy (non-hydrogen) atoms. The highest BCUT2D eigenvalue weighted by Gasteiger charge is 2.14. The second-order valence-corrected chi connectivity index (χ2v) is 4.10. The van der Waals surface area contributed by atoms with Gasteiger partial charge in [0.25, 0.3) is 0 Å². The SMILES string of the molecule is C=CC(N)=O.c1ccc2c(c1)Cc1ccccc1O2. The fourth-order valence-electron chi connectivity index (χ4n) is 1.82. The van der Waals surface area contributed by atoms with Gasteiger partial charge in [0.2, 0.25) is 5.91 Å². The van der Waals surface area contributed by atoms with Gasteiger partial charge < -0.3 is 10.5 Å². The monoisotopic (exact) mass is 253 g/mol. The highest BCUT2D eigenvalue weighted by molar-refractivity contribution is 5.84. The molecule has 2 N–H and O–H groups in total. The van der Waals surface area contributed by atoms with Crippen LogP contribution in [-0.4, -0.2) is 5.91 Å². The Balaban J connectivity index is 0.000000232. The van der Waals surface area contributed by atoms with Crippen molar-refractivity contribution < 1.29 is 9.53 Å². The molecule has 1 aliphatic heterocycles. The van der Waals surface area contributed by atoms with Gasteiger partial charge in [0.1, 0.15) is 11.5 Å². The fourth-order valence-corrected chi connectivity index (χ4v) is 1.82. The van der Waals surface area contributed by atoms with Crippen molar-refractivity contribution in [3.63, 3.8) is 0 Å². The third kappa shape index (κ3) is 3.22. The number of carbonyl (C=O) groups is 1. The lowest BCUT2D eigenvalue weighted by Gasteiger charge is -2.19. The van der Waals surface area contributed by atoms with Crippen LogP contribution < -0.4 is 10.5 Å². The average Bonchev–Trinajstić information content (AvgIpc) is 2.45. The average molecular weight is 253 g/mol. The third-order valence-electron chi connectivity index (χ3n) is 2.75. The van der Waals surface area contributed by atoms with Crippen molar-refractivity contribution in [1.29, 1.82) is 0 Å². The molecule has 1 aliphatic rings. The van der Waals surface area contributed by atoms with Gasteiger partial charge >= 0.3 is 0 Å². The van der Waals surface area contributed by atoms with Gasteiger partial charge in [-0.25, -0.2) is 0 Å². The first-order valence-electron chi connectivity index (χ1n) is 5.96.